The summed E-state index contributed by atoms with van der Waals surface area (Å²) >= 11 is 0. The lowest BCUT2D eigenvalue weighted by Crippen LogP contribution is -2.42. The van der Waals surface area contributed by atoms with E-state index in [2.05, 4.69) is 10.6 Å². The molecule has 6 heteroatoms. The second kappa shape index (κ2) is 7.90. The Morgan fingerprint density at radius 2 is 1.88 bits per heavy atom. The third-order valence-electron chi connectivity index (χ3n) is 4.21. The van der Waals surface area contributed by atoms with Gasteiger partial charge in [-0.1, -0.05) is 24.3 Å². The van der Waals surface area contributed by atoms with Crippen LogP contribution in [0.25, 0.3) is 0 Å². The standard InChI is InChI=1S/C19H22N2O4/c1-24-14-6-8-15(9-7-14)25-11-10-20-19(23)21-18-16-5-3-2-4-13(16)12-17(18)22/h2-9,17-18,22H,10-12H2,1H3,(H2,20,21,23)/t17-,18+/m1/s1. The van der Waals surface area contributed by atoms with Crippen LogP contribution in [0, 0.1) is 0 Å². The number of aliphatic hydroxyl groups is 1. The Labute approximate surface area is 146 Å². The number of amides is 2. The van der Waals surface area contributed by atoms with Gasteiger partial charge in [0.05, 0.1) is 25.8 Å². The molecule has 0 aliphatic heterocycles. The Morgan fingerprint density at radius 3 is 2.64 bits per heavy atom. The van der Waals surface area contributed by atoms with Gasteiger partial charge in [0.15, 0.2) is 0 Å². The molecular formula is C19H22N2O4. The van der Waals surface area contributed by atoms with Crippen molar-refractivity contribution in [2.75, 3.05) is 20.3 Å². The molecule has 0 unspecified atom stereocenters. The van der Waals surface area contributed by atoms with Gasteiger partial charge in [0.2, 0.25) is 0 Å². The first-order chi connectivity index (χ1) is 12.2. The molecular weight excluding hydrogens is 320 g/mol. The molecule has 0 heterocycles. The van der Waals surface area contributed by atoms with E-state index in [0.717, 1.165) is 16.9 Å². The molecule has 0 bridgehead atoms. The predicted octanol–water partition coefficient (Wildman–Crippen LogP) is 2.03. The maximum Gasteiger partial charge on any atom is 0.315 e. The van der Waals surface area contributed by atoms with Crippen LogP contribution in [0.15, 0.2) is 48.5 Å². The van der Waals surface area contributed by atoms with Crippen LogP contribution in [0.4, 0.5) is 4.79 Å². The van der Waals surface area contributed by atoms with Gasteiger partial charge in [-0.3, -0.25) is 0 Å². The molecule has 0 radical (unpaired) electrons. The summed E-state index contributed by atoms with van der Waals surface area (Å²) in [5.74, 6) is 1.48. The second-order valence-electron chi connectivity index (χ2n) is 5.87. The van der Waals surface area contributed by atoms with E-state index in [4.69, 9.17) is 9.47 Å². The molecule has 2 aromatic rings. The summed E-state index contributed by atoms with van der Waals surface area (Å²) in [5, 5.41) is 15.7. The molecule has 3 rings (SSSR count). The highest BCUT2D eigenvalue weighted by Gasteiger charge is 2.31. The normalized spacial score (nSPS) is 18.3. The molecule has 0 saturated heterocycles. The number of nitrogens with one attached hydrogen (secondary N) is 2. The number of fused-ring (bicyclic) bond motifs is 1. The van der Waals surface area contributed by atoms with E-state index >= 15 is 0 Å². The second-order valence-corrected chi connectivity index (χ2v) is 5.87. The fourth-order valence-corrected chi connectivity index (χ4v) is 2.95. The van der Waals surface area contributed by atoms with Crippen LogP contribution in [0.5, 0.6) is 11.5 Å². The van der Waals surface area contributed by atoms with E-state index in [-0.39, 0.29) is 12.1 Å². The average molecular weight is 342 g/mol. The number of aliphatic hydroxyl groups excluding tert-OH is 1. The Hall–Kier alpha value is -2.73. The Balaban J connectivity index is 1.42. The van der Waals surface area contributed by atoms with Crippen molar-refractivity contribution in [1.82, 2.24) is 10.6 Å². The SMILES string of the molecule is COc1ccc(OCCNC(=O)N[C@H]2c3ccccc3C[C@H]2O)cc1. The number of benzene rings is 2. The van der Waals surface area contributed by atoms with Gasteiger partial charge in [-0.25, -0.2) is 4.79 Å². The smallest absolute Gasteiger partial charge is 0.315 e. The lowest BCUT2D eigenvalue weighted by Gasteiger charge is -2.18. The summed E-state index contributed by atoms with van der Waals surface area (Å²) in [6, 6.07) is 14.3. The van der Waals surface area contributed by atoms with Gasteiger partial charge in [0.25, 0.3) is 0 Å². The highest BCUT2D eigenvalue weighted by Crippen LogP contribution is 2.30. The first kappa shape index (κ1) is 17.1. The minimum Gasteiger partial charge on any atom is -0.497 e. The molecule has 6 nitrogen and oxygen atoms in total. The lowest BCUT2D eigenvalue weighted by molar-refractivity contribution is 0.142. The van der Waals surface area contributed by atoms with Crippen molar-refractivity contribution in [3.05, 3.63) is 59.7 Å². The summed E-state index contributed by atoms with van der Waals surface area (Å²) in [6.07, 6.45) is -0.0412. The average Bonchev–Trinajstić information content (AvgIpc) is 2.95. The largest absolute Gasteiger partial charge is 0.497 e. The number of hydrogen-bond acceptors (Lipinski definition) is 4. The molecule has 25 heavy (non-hydrogen) atoms. The first-order valence-corrected chi connectivity index (χ1v) is 8.24. The van der Waals surface area contributed by atoms with Crippen molar-refractivity contribution in [1.29, 1.82) is 0 Å². The minimum absolute atomic E-state index is 0.320. The Morgan fingerprint density at radius 1 is 1.16 bits per heavy atom. The summed E-state index contributed by atoms with van der Waals surface area (Å²) in [7, 11) is 1.61. The number of rotatable bonds is 6. The van der Waals surface area contributed by atoms with E-state index < -0.39 is 6.10 Å². The highest BCUT2D eigenvalue weighted by molar-refractivity contribution is 5.74. The number of hydrogen-bond donors (Lipinski definition) is 3. The van der Waals surface area contributed by atoms with Crippen LogP contribution >= 0.6 is 0 Å². The Bertz CT molecular complexity index is 718. The molecule has 1 aliphatic carbocycles. The van der Waals surface area contributed by atoms with Crippen LogP contribution in [0.3, 0.4) is 0 Å². The fraction of sp³-hybridized carbons (Fsp3) is 0.316. The van der Waals surface area contributed by atoms with E-state index in [1.165, 1.54) is 0 Å². The minimum atomic E-state index is -0.598. The first-order valence-electron chi connectivity index (χ1n) is 8.24. The van der Waals surface area contributed by atoms with Gasteiger partial charge in [-0.05, 0) is 35.4 Å². The van der Waals surface area contributed by atoms with E-state index in [0.29, 0.717) is 25.3 Å². The molecule has 0 spiro atoms. The number of urea groups is 1. The molecule has 2 amide bonds. The summed E-state index contributed by atoms with van der Waals surface area (Å²) in [4.78, 5) is 12.0. The lowest BCUT2D eigenvalue weighted by atomic mass is 10.1. The zero-order chi connectivity index (χ0) is 17.6. The maximum absolute atomic E-state index is 12.0. The van der Waals surface area contributed by atoms with Crippen LogP contribution < -0.4 is 20.1 Å². The monoisotopic (exact) mass is 342 g/mol. The maximum atomic E-state index is 12.0. The Kier molecular flexibility index (Phi) is 5.40. The number of carbonyl (C=O) groups excluding carboxylic acids is 1. The van der Waals surface area contributed by atoms with Crippen LogP contribution in [0.1, 0.15) is 17.2 Å². The van der Waals surface area contributed by atoms with Gasteiger partial charge in [-0.15, -0.1) is 0 Å². The topological polar surface area (TPSA) is 79.8 Å². The molecule has 1 aliphatic rings. The van der Waals surface area contributed by atoms with E-state index in [1.54, 1.807) is 7.11 Å². The molecule has 2 aromatic carbocycles. The van der Waals surface area contributed by atoms with E-state index in [9.17, 15) is 9.90 Å². The summed E-state index contributed by atoms with van der Waals surface area (Å²) in [5.41, 5.74) is 2.04. The third kappa shape index (κ3) is 4.22. The van der Waals surface area contributed by atoms with Crippen molar-refractivity contribution in [3.8, 4) is 11.5 Å². The van der Waals surface area contributed by atoms with Crippen molar-refractivity contribution in [3.63, 3.8) is 0 Å². The van der Waals surface area contributed by atoms with Crippen LogP contribution in [-0.4, -0.2) is 37.5 Å². The molecule has 132 valence electrons. The number of methoxy groups -OCH3 is 1. The van der Waals surface area contributed by atoms with Crippen LogP contribution in [-0.2, 0) is 6.42 Å². The van der Waals surface area contributed by atoms with Crippen molar-refractivity contribution < 1.29 is 19.4 Å². The van der Waals surface area contributed by atoms with Gasteiger partial charge in [0, 0.05) is 6.42 Å². The molecule has 0 fully saturated rings. The molecule has 2 atom stereocenters. The van der Waals surface area contributed by atoms with Crippen molar-refractivity contribution in [2.45, 2.75) is 18.6 Å². The molecule has 3 N–H and O–H groups in total. The van der Waals surface area contributed by atoms with Crippen molar-refractivity contribution >= 4 is 6.03 Å². The molecule has 0 aromatic heterocycles. The van der Waals surface area contributed by atoms with Gasteiger partial charge < -0.3 is 25.2 Å². The van der Waals surface area contributed by atoms with E-state index in [1.807, 2.05) is 48.5 Å². The van der Waals surface area contributed by atoms with Gasteiger partial charge in [0.1, 0.15) is 18.1 Å². The summed E-state index contributed by atoms with van der Waals surface area (Å²) < 4.78 is 10.6. The zero-order valence-electron chi connectivity index (χ0n) is 14.1. The third-order valence-corrected chi connectivity index (χ3v) is 4.21. The van der Waals surface area contributed by atoms with Gasteiger partial charge >= 0.3 is 6.03 Å². The van der Waals surface area contributed by atoms with Crippen LogP contribution in [0.2, 0.25) is 0 Å². The highest BCUT2D eigenvalue weighted by atomic mass is 16.5. The van der Waals surface area contributed by atoms with Gasteiger partial charge in [-0.2, -0.15) is 0 Å². The quantitative estimate of drug-likeness (QED) is 0.702. The predicted molar refractivity (Wildman–Crippen MR) is 93.9 cm³/mol. The number of ether oxygens (including phenoxy) is 2. The van der Waals surface area contributed by atoms with Crippen molar-refractivity contribution in [2.24, 2.45) is 0 Å². The zero-order valence-corrected chi connectivity index (χ0v) is 14.1. The fourth-order valence-electron chi connectivity index (χ4n) is 2.95. The number of carbonyl (C=O) groups is 1. The molecule has 0 saturated carbocycles. The summed E-state index contributed by atoms with van der Waals surface area (Å²) in [6.45, 7) is 0.714.